The number of likely N-dealkylation sites (N-methyl/N-ethyl adjacent to an activating group) is 1. The van der Waals surface area contributed by atoms with Gasteiger partial charge in [-0.3, -0.25) is 14.2 Å². The van der Waals surface area contributed by atoms with Crippen LogP contribution in [0.5, 0.6) is 0 Å². The summed E-state index contributed by atoms with van der Waals surface area (Å²) in [5.41, 5.74) is 0.691. The van der Waals surface area contributed by atoms with Crippen LogP contribution in [-0.2, 0) is 14.3 Å². The SMILES string of the molecule is CCCC(C)C(=O)OC(C)n1ccc2c(N(C)C3CN(C(=O)CC#N)CCC3C)ncnc21. The highest BCUT2D eigenvalue weighted by molar-refractivity contribution is 5.88. The van der Waals surface area contributed by atoms with Gasteiger partial charge in [-0.15, -0.1) is 0 Å². The molecule has 1 fully saturated rings. The number of aromatic nitrogens is 3. The number of rotatable bonds is 8. The standard InChI is InChI=1S/C24H34N6O3/c1-6-7-17(3)24(32)33-18(4)30-13-10-19-22(26-15-27-23(19)30)28(5)20-14-29(12-9-16(20)2)21(31)8-11-25/h10,13,15-18,20H,6-9,12,14H2,1-5H3. The van der Waals surface area contributed by atoms with Gasteiger partial charge in [0.2, 0.25) is 5.91 Å². The molecule has 2 aromatic rings. The molecular formula is C24H34N6O3. The molecular weight excluding hydrogens is 420 g/mol. The van der Waals surface area contributed by atoms with Crippen molar-refractivity contribution in [3.8, 4) is 6.07 Å². The molecule has 1 aliphatic heterocycles. The maximum atomic E-state index is 12.4. The highest BCUT2D eigenvalue weighted by atomic mass is 16.6. The van der Waals surface area contributed by atoms with E-state index in [1.54, 1.807) is 4.90 Å². The Bertz CT molecular complexity index is 1030. The molecule has 33 heavy (non-hydrogen) atoms. The molecule has 9 heteroatoms. The first-order valence-electron chi connectivity index (χ1n) is 11.7. The smallest absolute Gasteiger partial charge is 0.310 e. The van der Waals surface area contributed by atoms with Gasteiger partial charge in [0.25, 0.3) is 0 Å². The van der Waals surface area contributed by atoms with E-state index in [0.717, 1.165) is 30.5 Å². The first kappa shape index (κ1) is 24.5. The number of piperidine rings is 1. The predicted octanol–water partition coefficient (Wildman–Crippen LogP) is 3.52. The Balaban J connectivity index is 1.83. The first-order valence-corrected chi connectivity index (χ1v) is 11.7. The van der Waals surface area contributed by atoms with E-state index in [-0.39, 0.29) is 30.3 Å². The van der Waals surface area contributed by atoms with Crippen molar-refractivity contribution < 1.29 is 14.3 Å². The molecule has 3 rings (SSSR count). The molecule has 0 saturated carbocycles. The molecule has 0 aromatic carbocycles. The number of esters is 1. The Kier molecular flexibility index (Phi) is 7.90. The van der Waals surface area contributed by atoms with Crippen molar-refractivity contribution in [1.82, 2.24) is 19.4 Å². The van der Waals surface area contributed by atoms with Gasteiger partial charge in [0.05, 0.1) is 23.4 Å². The van der Waals surface area contributed by atoms with E-state index in [9.17, 15) is 9.59 Å². The predicted molar refractivity (Wildman–Crippen MR) is 125 cm³/mol. The van der Waals surface area contributed by atoms with Crippen molar-refractivity contribution >= 4 is 28.7 Å². The Morgan fingerprint density at radius 1 is 1.36 bits per heavy atom. The average Bonchev–Trinajstić information content (AvgIpc) is 3.23. The summed E-state index contributed by atoms with van der Waals surface area (Å²) in [6.45, 7) is 9.17. The summed E-state index contributed by atoms with van der Waals surface area (Å²) in [4.78, 5) is 37.6. The molecule has 0 N–H and O–H groups in total. The van der Waals surface area contributed by atoms with Crippen LogP contribution in [0.3, 0.4) is 0 Å². The summed E-state index contributed by atoms with van der Waals surface area (Å²) in [7, 11) is 1.98. The number of nitriles is 1. The molecule has 3 heterocycles. The van der Waals surface area contributed by atoms with E-state index < -0.39 is 6.23 Å². The fourth-order valence-corrected chi connectivity index (χ4v) is 4.54. The number of likely N-dealkylation sites (tertiary alicyclic amines) is 1. The van der Waals surface area contributed by atoms with Gasteiger partial charge in [-0.05, 0) is 31.7 Å². The summed E-state index contributed by atoms with van der Waals surface area (Å²) in [6, 6.07) is 3.95. The van der Waals surface area contributed by atoms with Crippen LogP contribution < -0.4 is 4.90 Å². The quantitative estimate of drug-likeness (QED) is 0.562. The molecule has 1 amide bonds. The normalized spacial score (nSPS) is 20.2. The lowest BCUT2D eigenvalue weighted by molar-refractivity contribution is -0.157. The molecule has 1 aliphatic rings. The maximum absolute atomic E-state index is 12.4. The summed E-state index contributed by atoms with van der Waals surface area (Å²) in [5.74, 6) is 0.636. The van der Waals surface area contributed by atoms with Gasteiger partial charge < -0.3 is 14.5 Å². The van der Waals surface area contributed by atoms with Gasteiger partial charge >= 0.3 is 5.97 Å². The Morgan fingerprint density at radius 3 is 2.82 bits per heavy atom. The lowest BCUT2D eigenvalue weighted by Crippen LogP contribution is -2.52. The zero-order chi connectivity index (χ0) is 24.1. The van der Waals surface area contributed by atoms with Gasteiger partial charge in [0.15, 0.2) is 6.23 Å². The summed E-state index contributed by atoms with van der Waals surface area (Å²) < 4.78 is 7.54. The molecule has 2 aromatic heterocycles. The van der Waals surface area contributed by atoms with Crippen LogP contribution in [0.25, 0.3) is 11.0 Å². The van der Waals surface area contributed by atoms with Gasteiger partial charge in [0, 0.05) is 26.3 Å². The largest absolute Gasteiger partial charge is 0.441 e. The fraction of sp³-hybridized carbons (Fsp3) is 0.625. The molecule has 4 unspecified atom stereocenters. The number of hydrogen-bond donors (Lipinski definition) is 0. The second-order valence-corrected chi connectivity index (χ2v) is 9.00. The number of carbonyl (C=O) groups excluding carboxylic acids is 2. The zero-order valence-electron chi connectivity index (χ0n) is 20.2. The van der Waals surface area contributed by atoms with Gasteiger partial charge in [-0.2, -0.15) is 5.26 Å². The van der Waals surface area contributed by atoms with Gasteiger partial charge in [-0.1, -0.05) is 27.2 Å². The van der Waals surface area contributed by atoms with Crippen molar-refractivity contribution in [3.63, 3.8) is 0 Å². The number of amides is 1. The third-order valence-electron chi connectivity index (χ3n) is 6.62. The molecule has 0 bridgehead atoms. The number of fused-ring (bicyclic) bond motifs is 1. The Morgan fingerprint density at radius 2 is 2.12 bits per heavy atom. The van der Waals surface area contributed by atoms with Crippen LogP contribution in [-0.4, -0.2) is 57.5 Å². The minimum Gasteiger partial charge on any atom is -0.441 e. The number of nitrogens with zero attached hydrogens (tertiary/aromatic N) is 6. The highest BCUT2D eigenvalue weighted by Gasteiger charge is 2.33. The van der Waals surface area contributed by atoms with E-state index in [0.29, 0.717) is 24.7 Å². The Labute approximate surface area is 195 Å². The topological polar surface area (TPSA) is 104 Å². The average molecular weight is 455 g/mol. The van der Waals surface area contributed by atoms with Crippen LogP contribution in [0.15, 0.2) is 18.6 Å². The lowest BCUT2D eigenvalue weighted by atomic mass is 9.92. The number of ether oxygens (including phenoxy) is 1. The van der Waals surface area contributed by atoms with E-state index in [1.165, 1.54) is 6.33 Å². The molecule has 4 atom stereocenters. The van der Waals surface area contributed by atoms with Crippen LogP contribution in [0.1, 0.15) is 59.6 Å². The fourth-order valence-electron chi connectivity index (χ4n) is 4.54. The van der Waals surface area contributed by atoms with Crippen molar-refractivity contribution in [2.24, 2.45) is 11.8 Å². The van der Waals surface area contributed by atoms with Crippen molar-refractivity contribution in [2.75, 3.05) is 25.0 Å². The minimum atomic E-state index is -0.491. The lowest BCUT2D eigenvalue weighted by Gasteiger charge is -2.42. The molecule has 0 spiro atoms. The van der Waals surface area contributed by atoms with Gasteiger partial charge in [0.1, 0.15) is 24.2 Å². The maximum Gasteiger partial charge on any atom is 0.310 e. The van der Waals surface area contributed by atoms with E-state index >= 15 is 0 Å². The third-order valence-corrected chi connectivity index (χ3v) is 6.62. The number of hydrogen-bond acceptors (Lipinski definition) is 7. The zero-order valence-corrected chi connectivity index (χ0v) is 20.2. The summed E-state index contributed by atoms with van der Waals surface area (Å²) in [6.07, 6.45) is 5.39. The Hall–Kier alpha value is -3.15. The van der Waals surface area contributed by atoms with Crippen molar-refractivity contribution in [2.45, 2.75) is 65.6 Å². The third kappa shape index (κ3) is 5.27. The second kappa shape index (κ2) is 10.6. The van der Waals surface area contributed by atoms with Crippen LogP contribution in [0, 0.1) is 23.2 Å². The van der Waals surface area contributed by atoms with Crippen LogP contribution >= 0.6 is 0 Å². The molecule has 178 valence electrons. The second-order valence-electron chi connectivity index (χ2n) is 9.00. The van der Waals surface area contributed by atoms with Crippen LogP contribution in [0.2, 0.25) is 0 Å². The molecule has 1 saturated heterocycles. The summed E-state index contributed by atoms with van der Waals surface area (Å²) >= 11 is 0. The first-order chi connectivity index (χ1) is 15.8. The van der Waals surface area contributed by atoms with E-state index in [2.05, 4.69) is 21.8 Å². The van der Waals surface area contributed by atoms with Gasteiger partial charge in [-0.25, -0.2) is 9.97 Å². The van der Waals surface area contributed by atoms with Crippen molar-refractivity contribution in [3.05, 3.63) is 18.6 Å². The molecule has 0 aliphatic carbocycles. The molecule has 0 radical (unpaired) electrons. The number of carbonyl (C=O) groups is 2. The minimum absolute atomic E-state index is 0.0630. The number of anilines is 1. The monoisotopic (exact) mass is 454 g/mol. The van der Waals surface area contributed by atoms with Crippen LogP contribution in [0.4, 0.5) is 5.82 Å². The highest BCUT2D eigenvalue weighted by Crippen LogP contribution is 2.31. The summed E-state index contributed by atoms with van der Waals surface area (Å²) in [5, 5.41) is 9.75. The van der Waals surface area contributed by atoms with E-state index in [1.807, 2.05) is 50.7 Å². The van der Waals surface area contributed by atoms with Crippen molar-refractivity contribution in [1.29, 1.82) is 5.26 Å². The molecule has 9 nitrogen and oxygen atoms in total. The van der Waals surface area contributed by atoms with E-state index in [4.69, 9.17) is 10.00 Å².